The molecule has 2 heterocycles. The first-order valence-electron chi connectivity index (χ1n) is 13.3. The number of methoxy groups -OCH3 is 1. The van der Waals surface area contributed by atoms with Gasteiger partial charge in [0.15, 0.2) is 11.6 Å². The molecule has 1 fully saturated rings. The van der Waals surface area contributed by atoms with E-state index < -0.39 is 59.9 Å². The van der Waals surface area contributed by atoms with Crippen LogP contribution in [0.2, 0.25) is 0 Å². The molecule has 1 saturated heterocycles. The average Bonchev–Trinajstić information content (AvgIpc) is 3.21. The normalized spacial score (nSPS) is 22.0. The van der Waals surface area contributed by atoms with E-state index in [0.717, 1.165) is 19.1 Å². The van der Waals surface area contributed by atoms with Crippen LogP contribution < -0.4 is 0 Å². The number of allylic oxidation sites excluding steroid dienone is 2. The van der Waals surface area contributed by atoms with E-state index in [1.165, 1.54) is 12.1 Å². The molecule has 0 bridgehead atoms. The lowest BCUT2D eigenvalue weighted by Crippen LogP contribution is -2.40. The number of phenols is 1. The number of hydrogen-bond donors (Lipinski definition) is 3. The number of phenolic OH excluding ortho intramolecular Hbond substituents is 1. The molecule has 0 radical (unpaired) electrons. The fourth-order valence-corrected chi connectivity index (χ4v) is 5.86. The molecule has 4 rings (SSSR count). The number of imide groups is 3. The summed E-state index contributed by atoms with van der Waals surface area (Å²) >= 11 is 0. The van der Waals surface area contributed by atoms with E-state index in [-0.39, 0.29) is 12.8 Å². The third kappa shape index (κ3) is 5.68. The Morgan fingerprint density at radius 3 is 2.65 bits per heavy atom. The predicted octanol–water partition coefficient (Wildman–Crippen LogP) is 4.08. The van der Waals surface area contributed by atoms with Crippen LogP contribution in [0.5, 0.6) is 5.75 Å². The minimum absolute atomic E-state index is 0.197. The van der Waals surface area contributed by atoms with Crippen LogP contribution >= 0.6 is 0 Å². The molecular formula is C30H33FN2O7. The van der Waals surface area contributed by atoms with Crippen molar-refractivity contribution in [3.05, 3.63) is 70.8 Å². The molecule has 4 atom stereocenters. The van der Waals surface area contributed by atoms with E-state index in [9.17, 15) is 34.1 Å². The van der Waals surface area contributed by atoms with Gasteiger partial charge in [-0.25, -0.2) is 9.18 Å². The highest BCUT2D eigenvalue weighted by atomic mass is 19.1. The second-order valence-corrected chi connectivity index (χ2v) is 10.1. The number of amides is 3. The van der Waals surface area contributed by atoms with Crippen LogP contribution in [0.3, 0.4) is 0 Å². The molecule has 0 saturated carbocycles. The van der Waals surface area contributed by atoms with Gasteiger partial charge in [0, 0.05) is 12.1 Å². The Balaban J connectivity index is 1.65. The largest absolute Gasteiger partial charge is 0.505 e. The van der Waals surface area contributed by atoms with Crippen LogP contribution in [0.1, 0.15) is 50.3 Å². The first kappa shape index (κ1) is 29.1. The van der Waals surface area contributed by atoms with Crippen LogP contribution in [-0.4, -0.2) is 62.9 Å². The lowest BCUT2D eigenvalue weighted by atomic mass is 9.67. The van der Waals surface area contributed by atoms with Crippen LogP contribution in [-0.2, 0) is 14.3 Å². The molecule has 0 unspecified atom stereocenters. The predicted molar refractivity (Wildman–Crippen MR) is 144 cm³/mol. The number of carbonyl (C=O) groups excluding carboxylic acids is 3. The quantitative estimate of drug-likeness (QED) is 0.313. The van der Waals surface area contributed by atoms with E-state index in [1.54, 1.807) is 30.5 Å². The number of pyridine rings is 1. The second-order valence-electron chi connectivity index (χ2n) is 10.1. The Bertz CT molecular complexity index is 1340. The molecular weight excluding hydrogens is 519 g/mol. The number of benzene rings is 1. The summed E-state index contributed by atoms with van der Waals surface area (Å²) in [6.45, 7) is 1.47. The lowest BCUT2D eigenvalue weighted by molar-refractivity contribution is -0.137. The van der Waals surface area contributed by atoms with Crippen LogP contribution in [0.15, 0.2) is 53.7 Å². The Labute approximate surface area is 231 Å². The molecule has 212 valence electrons. The Morgan fingerprint density at radius 1 is 1.25 bits per heavy atom. The van der Waals surface area contributed by atoms with Crippen molar-refractivity contribution in [3.8, 4) is 5.75 Å². The highest BCUT2D eigenvalue weighted by molar-refractivity contribution is 6.16. The summed E-state index contributed by atoms with van der Waals surface area (Å²) in [5.74, 6) is -5.23. The van der Waals surface area contributed by atoms with Gasteiger partial charge in [-0.3, -0.25) is 14.6 Å². The van der Waals surface area contributed by atoms with Crippen molar-refractivity contribution in [1.29, 1.82) is 0 Å². The van der Waals surface area contributed by atoms with E-state index >= 15 is 0 Å². The number of fused-ring (bicyclic) bond motifs is 1. The number of aromatic nitrogens is 1. The van der Waals surface area contributed by atoms with E-state index in [0.29, 0.717) is 40.1 Å². The molecule has 3 N–H and O–H groups in total. The molecule has 40 heavy (non-hydrogen) atoms. The van der Waals surface area contributed by atoms with Gasteiger partial charge in [0.25, 0.3) is 0 Å². The first-order chi connectivity index (χ1) is 19.2. The molecule has 9 nitrogen and oxygen atoms in total. The highest BCUT2D eigenvalue weighted by Gasteiger charge is 2.57. The van der Waals surface area contributed by atoms with E-state index in [2.05, 4.69) is 9.72 Å². The van der Waals surface area contributed by atoms with E-state index in [1.807, 2.05) is 13.0 Å². The molecule has 1 aliphatic heterocycles. The molecule has 3 amide bonds. The van der Waals surface area contributed by atoms with Crippen molar-refractivity contribution in [1.82, 2.24) is 9.88 Å². The third-order valence-electron chi connectivity index (χ3n) is 7.64. The monoisotopic (exact) mass is 552 g/mol. The molecule has 10 heteroatoms. The van der Waals surface area contributed by atoms with Gasteiger partial charge in [0.2, 0.25) is 11.8 Å². The first-order valence-corrected chi connectivity index (χ1v) is 13.3. The van der Waals surface area contributed by atoms with E-state index in [4.69, 9.17) is 0 Å². The second kappa shape index (κ2) is 12.5. The number of aromatic hydroxyl groups is 1. The van der Waals surface area contributed by atoms with Gasteiger partial charge in [0.05, 0.1) is 37.4 Å². The van der Waals surface area contributed by atoms with Crippen molar-refractivity contribution >= 4 is 29.6 Å². The number of nitrogens with zero attached hydrogens (tertiary/aromatic N) is 2. The number of aliphatic hydroxyl groups excluding tert-OH is 2. The number of likely N-dealkylation sites (tertiary alicyclic amines) is 1. The van der Waals surface area contributed by atoms with Gasteiger partial charge in [-0.1, -0.05) is 31.1 Å². The fourth-order valence-electron chi connectivity index (χ4n) is 5.86. The Kier molecular flexibility index (Phi) is 9.11. The molecule has 0 spiro atoms. The van der Waals surface area contributed by atoms with Crippen molar-refractivity contribution in [2.75, 3.05) is 13.7 Å². The third-order valence-corrected chi connectivity index (χ3v) is 7.64. The Hall–Kier alpha value is -3.89. The standard InChI is InChI=1S/C30H33FN2O7/c1-3-6-19-15-20-27(29(38)33(28(20)37)30(39)40-2)21(16-34)26(19)25(36)11-9-18(23-7-4-5-12-32-23)13-17-8-10-24(35)22(31)14-17/h4-5,7-8,10,12-14,20-21,25,27,34-36H,3,6,9,11,15-16H2,1-2H3/b18-13-/t20-,21+,25-,27-/m1/s1. The summed E-state index contributed by atoms with van der Waals surface area (Å²) in [7, 11) is 1.09. The molecule has 1 aromatic heterocycles. The smallest absolute Gasteiger partial charge is 0.423 e. The van der Waals surface area contributed by atoms with Crippen molar-refractivity contribution in [2.24, 2.45) is 17.8 Å². The summed E-state index contributed by atoms with van der Waals surface area (Å²) in [6.07, 6.45) is 3.23. The lowest BCUT2D eigenvalue weighted by Gasteiger charge is -2.36. The number of halogens is 1. The molecule has 2 aromatic rings. The highest BCUT2D eigenvalue weighted by Crippen LogP contribution is 2.47. The van der Waals surface area contributed by atoms with Crippen molar-refractivity contribution in [3.63, 3.8) is 0 Å². The number of aliphatic hydroxyl groups is 2. The number of hydrogen-bond acceptors (Lipinski definition) is 8. The molecule has 1 aromatic carbocycles. The minimum atomic E-state index is -1.06. The maximum atomic E-state index is 14.0. The zero-order valence-corrected chi connectivity index (χ0v) is 22.4. The summed E-state index contributed by atoms with van der Waals surface area (Å²) in [6, 6.07) is 9.40. The van der Waals surface area contributed by atoms with Gasteiger partial charge in [-0.05, 0) is 72.7 Å². The van der Waals surface area contributed by atoms with Crippen molar-refractivity contribution < 1.29 is 38.8 Å². The van der Waals surface area contributed by atoms with Gasteiger partial charge in [-0.15, -0.1) is 0 Å². The number of carbonyl (C=O) groups is 3. The van der Waals surface area contributed by atoms with Gasteiger partial charge in [0.1, 0.15) is 0 Å². The topological polar surface area (TPSA) is 137 Å². The van der Waals surface area contributed by atoms with Gasteiger partial charge < -0.3 is 20.1 Å². The van der Waals surface area contributed by atoms with Crippen LogP contribution in [0.25, 0.3) is 11.6 Å². The fraction of sp³-hybridized carbons (Fsp3) is 0.400. The van der Waals surface area contributed by atoms with Crippen molar-refractivity contribution in [2.45, 2.75) is 45.1 Å². The number of ether oxygens (including phenoxy) is 1. The average molecular weight is 553 g/mol. The van der Waals surface area contributed by atoms with Gasteiger partial charge >= 0.3 is 6.09 Å². The maximum Gasteiger partial charge on any atom is 0.423 e. The van der Waals surface area contributed by atoms with Gasteiger partial charge in [-0.2, -0.15) is 4.90 Å². The summed E-state index contributed by atoms with van der Waals surface area (Å²) in [5, 5.41) is 31.5. The molecule has 2 aliphatic rings. The van der Waals surface area contributed by atoms with Crippen LogP contribution in [0.4, 0.5) is 9.18 Å². The minimum Gasteiger partial charge on any atom is -0.505 e. The maximum absolute atomic E-state index is 14.0. The SMILES string of the molecule is CCCC1=C([C@H](O)CC/C(=C/c2ccc(O)c(F)c2)c2ccccn2)[C@H](CO)[C@@H]2C(=O)N(C(=O)OC)C(=O)[C@@H]2C1. The zero-order chi connectivity index (χ0) is 29.0. The van der Waals surface area contributed by atoms with Crippen LogP contribution in [0, 0.1) is 23.6 Å². The molecule has 1 aliphatic carbocycles. The number of rotatable bonds is 9. The zero-order valence-electron chi connectivity index (χ0n) is 22.4. The Morgan fingerprint density at radius 2 is 2.02 bits per heavy atom. The summed E-state index contributed by atoms with van der Waals surface area (Å²) < 4.78 is 18.6. The summed E-state index contributed by atoms with van der Waals surface area (Å²) in [4.78, 5) is 43.3. The summed E-state index contributed by atoms with van der Waals surface area (Å²) in [5.41, 5.74) is 3.16.